The van der Waals surface area contributed by atoms with E-state index in [0.717, 1.165) is 24.4 Å². The molecule has 106 valence electrons. The number of thioether (sulfide) groups is 2. The lowest BCUT2D eigenvalue weighted by atomic mass is 10.3. The summed E-state index contributed by atoms with van der Waals surface area (Å²) in [4.78, 5) is 0.541. The predicted molar refractivity (Wildman–Crippen MR) is 85.5 cm³/mol. The minimum absolute atomic E-state index is 0.533. The third-order valence-corrected chi connectivity index (χ3v) is 3.81. The number of rotatable bonds is 7. The van der Waals surface area contributed by atoms with Crippen molar-refractivity contribution >= 4 is 46.5 Å². The minimum Gasteiger partial charge on any atom is -0.362 e. The monoisotopic (exact) mass is 322 g/mol. The lowest BCUT2D eigenvalue weighted by Crippen LogP contribution is -2.29. The lowest BCUT2D eigenvalue weighted by Gasteiger charge is -2.10. The zero-order valence-corrected chi connectivity index (χ0v) is 12.9. The molecule has 0 atom stereocenters. The van der Waals surface area contributed by atoms with Gasteiger partial charge in [-0.25, -0.2) is 0 Å². The first-order valence-corrected chi connectivity index (χ1v) is 8.38. The molecule has 0 radical (unpaired) electrons. The molecule has 1 aromatic rings. The summed E-state index contributed by atoms with van der Waals surface area (Å²) in [5.74, 6) is -1.30. The molecule has 2 nitrogen and oxygen atoms in total. The van der Waals surface area contributed by atoms with Crippen molar-refractivity contribution in [2.24, 2.45) is 0 Å². The predicted octanol–water partition coefficient (Wildman–Crippen LogP) is 4.04. The number of hydrogen-bond donors (Lipinski definition) is 2. The second-order valence-corrected chi connectivity index (χ2v) is 6.09. The molecule has 0 heterocycles. The summed E-state index contributed by atoms with van der Waals surface area (Å²) < 4.78 is 24.3. The van der Waals surface area contributed by atoms with Crippen molar-refractivity contribution in [1.29, 1.82) is 0 Å². The van der Waals surface area contributed by atoms with Gasteiger partial charge in [0.2, 0.25) is 0 Å². The Morgan fingerprint density at radius 3 is 2.58 bits per heavy atom. The van der Waals surface area contributed by atoms with Crippen molar-refractivity contribution in [1.82, 2.24) is 5.32 Å². The number of halogens is 2. The van der Waals surface area contributed by atoms with E-state index in [1.54, 1.807) is 36.0 Å². The highest BCUT2D eigenvalue weighted by Crippen LogP contribution is 2.26. The molecule has 0 aliphatic carbocycles. The van der Waals surface area contributed by atoms with Crippen molar-refractivity contribution in [2.45, 2.75) is 17.1 Å². The van der Waals surface area contributed by atoms with Crippen LogP contribution in [0.2, 0.25) is 0 Å². The number of thiocarbonyl (C=S) groups is 1. The number of alkyl halides is 2. The van der Waals surface area contributed by atoms with Crippen LogP contribution in [0.4, 0.5) is 14.5 Å². The second kappa shape index (κ2) is 9.39. The normalized spacial score (nSPS) is 10.5. The fourth-order valence-electron chi connectivity index (χ4n) is 1.31. The third kappa shape index (κ3) is 7.59. The maximum absolute atomic E-state index is 12.1. The first-order chi connectivity index (χ1) is 9.11. The fraction of sp³-hybridized carbons (Fsp3) is 0.417. The highest BCUT2D eigenvalue weighted by atomic mass is 32.2. The molecule has 0 saturated carbocycles. The Hall–Kier alpha value is -0.530. The van der Waals surface area contributed by atoms with Crippen LogP contribution in [0.25, 0.3) is 0 Å². The molecule has 0 saturated heterocycles. The van der Waals surface area contributed by atoms with E-state index in [2.05, 4.69) is 16.9 Å². The van der Waals surface area contributed by atoms with E-state index in [0.29, 0.717) is 21.8 Å². The molecule has 1 rings (SSSR count). The maximum atomic E-state index is 12.1. The van der Waals surface area contributed by atoms with Crippen LogP contribution in [0.5, 0.6) is 0 Å². The van der Waals surface area contributed by atoms with E-state index in [4.69, 9.17) is 12.2 Å². The zero-order chi connectivity index (χ0) is 14.1. The minimum atomic E-state index is -2.39. The Labute approximate surface area is 126 Å². The Morgan fingerprint density at radius 1 is 1.32 bits per heavy atom. The summed E-state index contributed by atoms with van der Waals surface area (Å²) in [5.41, 5.74) is 0.793. The highest BCUT2D eigenvalue weighted by Gasteiger charge is 2.05. The molecule has 2 N–H and O–H groups in total. The van der Waals surface area contributed by atoms with Crippen molar-refractivity contribution < 1.29 is 8.78 Å². The van der Waals surface area contributed by atoms with Crippen LogP contribution in [0.15, 0.2) is 29.2 Å². The average molecular weight is 322 g/mol. The quantitative estimate of drug-likeness (QED) is 0.448. The molecule has 0 aromatic heterocycles. The first-order valence-electron chi connectivity index (χ1n) is 5.70. The summed E-state index contributed by atoms with van der Waals surface area (Å²) in [6.07, 6.45) is 3.11. The fourth-order valence-corrected chi connectivity index (χ4v) is 2.47. The third-order valence-electron chi connectivity index (χ3n) is 2.15. The molecule has 0 aliphatic rings. The lowest BCUT2D eigenvalue weighted by molar-refractivity contribution is 0.252. The summed E-state index contributed by atoms with van der Waals surface area (Å²) in [6, 6.07) is 6.77. The van der Waals surface area contributed by atoms with Crippen LogP contribution in [0.3, 0.4) is 0 Å². The highest BCUT2D eigenvalue weighted by molar-refractivity contribution is 7.99. The number of anilines is 1. The van der Waals surface area contributed by atoms with E-state index in [-0.39, 0.29) is 0 Å². The Kier molecular flexibility index (Phi) is 8.16. The summed E-state index contributed by atoms with van der Waals surface area (Å²) in [7, 11) is 0. The zero-order valence-electron chi connectivity index (χ0n) is 10.5. The Balaban J connectivity index is 2.34. The van der Waals surface area contributed by atoms with Crippen LogP contribution < -0.4 is 10.6 Å². The molecule has 1 aromatic carbocycles. The van der Waals surface area contributed by atoms with E-state index >= 15 is 0 Å². The van der Waals surface area contributed by atoms with Crippen molar-refractivity contribution in [3.05, 3.63) is 24.3 Å². The van der Waals surface area contributed by atoms with Gasteiger partial charge < -0.3 is 10.6 Å². The Bertz CT molecular complexity index is 385. The van der Waals surface area contributed by atoms with Crippen LogP contribution in [-0.2, 0) is 0 Å². The number of hydrogen-bond acceptors (Lipinski definition) is 3. The van der Waals surface area contributed by atoms with Gasteiger partial charge in [-0.1, -0.05) is 11.8 Å². The SMILES string of the molecule is CSCCCNC(=S)Nc1ccc(SC(F)F)cc1. The standard InChI is InChI=1S/C12H16F2N2S3/c1-18-8-2-7-15-12(17)16-9-3-5-10(6-4-9)19-11(13)14/h3-6,11H,2,7-8H2,1H3,(H2,15,16,17). The van der Waals surface area contributed by atoms with Crippen LogP contribution >= 0.6 is 35.7 Å². The van der Waals surface area contributed by atoms with Gasteiger partial charge in [-0.05, 0) is 54.9 Å². The van der Waals surface area contributed by atoms with Crippen molar-refractivity contribution in [3.63, 3.8) is 0 Å². The molecule has 0 bridgehead atoms. The van der Waals surface area contributed by atoms with Crippen molar-refractivity contribution in [2.75, 3.05) is 23.9 Å². The van der Waals surface area contributed by atoms with E-state index in [9.17, 15) is 8.78 Å². The van der Waals surface area contributed by atoms with Crippen LogP contribution in [0.1, 0.15) is 6.42 Å². The molecule has 0 amide bonds. The van der Waals surface area contributed by atoms with Crippen molar-refractivity contribution in [3.8, 4) is 0 Å². The van der Waals surface area contributed by atoms with E-state index in [1.165, 1.54) is 0 Å². The van der Waals surface area contributed by atoms with Gasteiger partial charge >= 0.3 is 0 Å². The second-order valence-electron chi connectivity index (χ2n) is 3.63. The van der Waals surface area contributed by atoms with Gasteiger partial charge in [0, 0.05) is 17.1 Å². The van der Waals surface area contributed by atoms with Gasteiger partial charge in [-0.3, -0.25) is 0 Å². The summed E-state index contributed by atoms with van der Waals surface area (Å²) >= 11 is 7.46. The van der Waals surface area contributed by atoms with Gasteiger partial charge in [-0.15, -0.1) is 0 Å². The smallest absolute Gasteiger partial charge is 0.288 e. The number of benzene rings is 1. The van der Waals surface area contributed by atoms with Gasteiger partial charge in [0.15, 0.2) is 5.11 Å². The number of nitrogens with one attached hydrogen (secondary N) is 2. The molecule has 7 heteroatoms. The van der Waals surface area contributed by atoms with Gasteiger partial charge in [0.05, 0.1) is 0 Å². The molecule has 0 unspecified atom stereocenters. The first kappa shape index (κ1) is 16.5. The molecular formula is C12H16F2N2S3. The van der Waals surface area contributed by atoms with Crippen LogP contribution in [-0.4, -0.2) is 29.4 Å². The molecule has 0 aliphatic heterocycles. The van der Waals surface area contributed by atoms with E-state index < -0.39 is 5.76 Å². The van der Waals surface area contributed by atoms with Gasteiger partial charge in [-0.2, -0.15) is 20.5 Å². The Morgan fingerprint density at radius 2 is 2.00 bits per heavy atom. The molecule has 0 spiro atoms. The van der Waals surface area contributed by atoms with E-state index in [1.807, 2.05) is 0 Å². The van der Waals surface area contributed by atoms with Crippen LogP contribution in [0, 0.1) is 0 Å². The summed E-state index contributed by atoms with van der Waals surface area (Å²) in [6.45, 7) is 0.825. The summed E-state index contributed by atoms with van der Waals surface area (Å²) in [5, 5.41) is 6.66. The molecular weight excluding hydrogens is 306 g/mol. The van der Waals surface area contributed by atoms with Gasteiger partial charge in [0.1, 0.15) is 0 Å². The maximum Gasteiger partial charge on any atom is 0.288 e. The van der Waals surface area contributed by atoms with Gasteiger partial charge in [0.25, 0.3) is 5.76 Å². The molecule has 19 heavy (non-hydrogen) atoms. The topological polar surface area (TPSA) is 24.1 Å². The average Bonchev–Trinajstić information content (AvgIpc) is 2.36. The largest absolute Gasteiger partial charge is 0.362 e. The molecule has 0 fully saturated rings.